The third-order valence-electron chi connectivity index (χ3n) is 2.17. The molecule has 78 valence electrons. The zero-order chi connectivity index (χ0) is 10.7. The molecule has 3 nitrogen and oxygen atoms in total. The number of aliphatic hydroxyl groups is 2. The van der Waals surface area contributed by atoms with Crippen LogP contribution in [0.25, 0.3) is 0 Å². The second-order valence-electron chi connectivity index (χ2n) is 3.28. The highest BCUT2D eigenvalue weighted by Gasteiger charge is 2.17. The Kier molecular flexibility index (Phi) is 3.75. The summed E-state index contributed by atoms with van der Waals surface area (Å²) in [5, 5.41) is 18.9. The van der Waals surface area contributed by atoms with Crippen LogP contribution < -0.4 is 5.73 Å². The fourth-order valence-corrected chi connectivity index (χ4v) is 1.32. The average Bonchev–Trinajstić information content (AvgIpc) is 2.20. The minimum atomic E-state index is -0.976. The number of halogens is 1. The van der Waals surface area contributed by atoms with Gasteiger partial charge in [0.25, 0.3) is 0 Å². The van der Waals surface area contributed by atoms with E-state index in [4.69, 9.17) is 17.3 Å². The number of aliphatic hydroxyl groups excluding tert-OH is 2. The van der Waals surface area contributed by atoms with Gasteiger partial charge in [-0.05, 0) is 24.1 Å². The van der Waals surface area contributed by atoms with E-state index >= 15 is 0 Å². The largest absolute Gasteiger partial charge is 0.399 e. The predicted molar refractivity (Wildman–Crippen MR) is 57.3 cm³/mol. The molecule has 4 heteroatoms. The van der Waals surface area contributed by atoms with Crippen LogP contribution in [-0.4, -0.2) is 22.2 Å². The van der Waals surface area contributed by atoms with E-state index in [9.17, 15) is 10.2 Å². The second kappa shape index (κ2) is 4.64. The van der Waals surface area contributed by atoms with Crippen LogP contribution in [0, 0.1) is 6.92 Å². The molecule has 0 bridgehead atoms. The zero-order valence-electron chi connectivity index (χ0n) is 7.94. The Labute approximate surface area is 88.1 Å². The molecule has 0 radical (unpaired) electrons. The van der Waals surface area contributed by atoms with Crippen molar-refractivity contribution in [2.75, 3.05) is 11.6 Å². The molecule has 2 atom stereocenters. The summed E-state index contributed by atoms with van der Waals surface area (Å²) in [5.74, 6) is -0.00501. The maximum Gasteiger partial charge on any atom is 0.106 e. The van der Waals surface area contributed by atoms with Crippen LogP contribution in [0.3, 0.4) is 0 Å². The van der Waals surface area contributed by atoms with E-state index in [2.05, 4.69) is 0 Å². The summed E-state index contributed by atoms with van der Waals surface area (Å²) in [5.41, 5.74) is 7.80. The van der Waals surface area contributed by atoms with Crippen LogP contribution in [0.5, 0.6) is 0 Å². The van der Waals surface area contributed by atoms with Crippen LogP contribution in [-0.2, 0) is 0 Å². The number of aryl methyl sites for hydroxylation is 1. The number of anilines is 1. The topological polar surface area (TPSA) is 66.5 Å². The lowest BCUT2D eigenvalue weighted by atomic mass is 10.0. The Hall–Kier alpha value is -0.770. The Morgan fingerprint density at radius 1 is 1.43 bits per heavy atom. The molecular formula is C10H14ClNO2. The molecule has 0 spiro atoms. The first kappa shape index (κ1) is 11.3. The lowest BCUT2D eigenvalue weighted by Crippen LogP contribution is -2.19. The molecule has 14 heavy (non-hydrogen) atoms. The van der Waals surface area contributed by atoms with Crippen LogP contribution in [0.15, 0.2) is 18.2 Å². The van der Waals surface area contributed by atoms with Crippen molar-refractivity contribution in [2.45, 2.75) is 19.1 Å². The highest BCUT2D eigenvalue weighted by molar-refractivity contribution is 6.18. The maximum absolute atomic E-state index is 9.61. The van der Waals surface area contributed by atoms with E-state index in [0.29, 0.717) is 11.3 Å². The first-order chi connectivity index (χ1) is 6.56. The highest BCUT2D eigenvalue weighted by atomic mass is 35.5. The number of nitrogens with two attached hydrogens (primary N) is 1. The smallest absolute Gasteiger partial charge is 0.106 e. The van der Waals surface area contributed by atoms with Crippen molar-refractivity contribution in [3.63, 3.8) is 0 Å². The zero-order valence-corrected chi connectivity index (χ0v) is 8.70. The van der Waals surface area contributed by atoms with Gasteiger partial charge in [0.1, 0.15) is 6.10 Å². The molecule has 1 aromatic carbocycles. The average molecular weight is 216 g/mol. The molecule has 0 heterocycles. The monoisotopic (exact) mass is 215 g/mol. The Bertz CT molecular complexity index is 317. The molecule has 0 aliphatic heterocycles. The van der Waals surface area contributed by atoms with E-state index in [1.165, 1.54) is 0 Å². The van der Waals surface area contributed by atoms with Gasteiger partial charge in [-0.2, -0.15) is 0 Å². The van der Waals surface area contributed by atoms with Gasteiger partial charge in [-0.3, -0.25) is 0 Å². The first-order valence-electron chi connectivity index (χ1n) is 4.34. The minimum absolute atomic E-state index is 0.00501. The standard InChI is InChI=1S/C10H14ClNO2/c1-6-2-3-7(4-8(6)12)10(14)9(13)5-11/h2-4,9-10,13-14H,5,12H2,1H3. The van der Waals surface area contributed by atoms with Crippen LogP contribution in [0.4, 0.5) is 5.69 Å². The molecule has 0 aliphatic carbocycles. The van der Waals surface area contributed by atoms with Gasteiger partial charge in [-0.25, -0.2) is 0 Å². The molecule has 1 aromatic rings. The van der Waals surface area contributed by atoms with E-state index in [-0.39, 0.29) is 5.88 Å². The van der Waals surface area contributed by atoms with Gasteiger partial charge < -0.3 is 15.9 Å². The van der Waals surface area contributed by atoms with Crippen molar-refractivity contribution < 1.29 is 10.2 Å². The number of rotatable bonds is 3. The van der Waals surface area contributed by atoms with E-state index < -0.39 is 12.2 Å². The summed E-state index contributed by atoms with van der Waals surface area (Å²) in [6, 6.07) is 5.18. The molecule has 0 aliphatic rings. The summed E-state index contributed by atoms with van der Waals surface area (Å²) < 4.78 is 0. The summed E-state index contributed by atoms with van der Waals surface area (Å²) >= 11 is 5.43. The van der Waals surface area contributed by atoms with Gasteiger partial charge in [0.2, 0.25) is 0 Å². The molecule has 0 aromatic heterocycles. The Morgan fingerprint density at radius 3 is 2.57 bits per heavy atom. The van der Waals surface area contributed by atoms with Crippen molar-refractivity contribution in [3.8, 4) is 0 Å². The summed E-state index contributed by atoms with van der Waals surface area (Å²) in [6.45, 7) is 1.88. The molecule has 4 N–H and O–H groups in total. The van der Waals surface area contributed by atoms with E-state index in [0.717, 1.165) is 5.56 Å². The number of alkyl halides is 1. The van der Waals surface area contributed by atoms with Gasteiger partial charge in [0.05, 0.1) is 12.0 Å². The van der Waals surface area contributed by atoms with Crippen molar-refractivity contribution >= 4 is 17.3 Å². The van der Waals surface area contributed by atoms with Crippen molar-refractivity contribution in [1.29, 1.82) is 0 Å². The molecule has 0 amide bonds. The highest BCUT2D eigenvalue weighted by Crippen LogP contribution is 2.21. The van der Waals surface area contributed by atoms with E-state index in [1.807, 2.05) is 6.92 Å². The minimum Gasteiger partial charge on any atom is -0.399 e. The summed E-state index contributed by atoms with van der Waals surface area (Å²) in [7, 11) is 0. The fourth-order valence-electron chi connectivity index (χ4n) is 1.15. The molecule has 0 fully saturated rings. The van der Waals surface area contributed by atoms with Crippen LogP contribution in [0.2, 0.25) is 0 Å². The van der Waals surface area contributed by atoms with E-state index in [1.54, 1.807) is 18.2 Å². The maximum atomic E-state index is 9.61. The molecular weight excluding hydrogens is 202 g/mol. The fraction of sp³-hybridized carbons (Fsp3) is 0.400. The van der Waals surface area contributed by atoms with Gasteiger partial charge >= 0.3 is 0 Å². The van der Waals surface area contributed by atoms with Crippen molar-refractivity contribution in [1.82, 2.24) is 0 Å². The van der Waals surface area contributed by atoms with Gasteiger partial charge in [-0.15, -0.1) is 11.6 Å². The summed E-state index contributed by atoms with van der Waals surface area (Å²) in [4.78, 5) is 0. The number of nitrogen functional groups attached to an aromatic ring is 1. The number of benzene rings is 1. The quantitative estimate of drug-likeness (QED) is 0.525. The van der Waals surface area contributed by atoms with Crippen LogP contribution in [0.1, 0.15) is 17.2 Å². The second-order valence-corrected chi connectivity index (χ2v) is 3.59. The Morgan fingerprint density at radius 2 is 2.07 bits per heavy atom. The van der Waals surface area contributed by atoms with Crippen molar-refractivity contribution in [2.24, 2.45) is 0 Å². The first-order valence-corrected chi connectivity index (χ1v) is 4.88. The lowest BCUT2D eigenvalue weighted by Gasteiger charge is -2.16. The number of hydrogen-bond acceptors (Lipinski definition) is 3. The molecule has 1 rings (SSSR count). The third kappa shape index (κ3) is 2.38. The van der Waals surface area contributed by atoms with Crippen LogP contribution >= 0.6 is 11.6 Å². The van der Waals surface area contributed by atoms with Gasteiger partial charge in [0, 0.05) is 5.69 Å². The van der Waals surface area contributed by atoms with Gasteiger partial charge in [0.15, 0.2) is 0 Å². The number of hydrogen-bond donors (Lipinski definition) is 3. The van der Waals surface area contributed by atoms with Gasteiger partial charge in [-0.1, -0.05) is 12.1 Å². The Balaban J connectivity index is 2.91. The molecule has 2 unspecified atom stereocenters. The normalized spacial score (nSPS) is 15.1. The van der Waals surface area contributed by atoms with Crippen molar-refractivity contribution in [3.05, 3.63) is 29.3 Å². The summed E-state index contributed by atoms with van der Waals surface area (Å²) in [6.07, 6.45) is -1.94. The molecule has 0 saturated heterocycles. The third-order valence-corrected chi connectivity index (χ3v) is 2.48. The predicted octanol–water partition coefficient (Wildman–Crippen LogP) is 1.21. The SMILES string of the molecule is Cc1ccc(C(O)C(O)CCl)cc1N. The lowest BCUT2D eigenvalue weighted by molar-refractivity contribution is 0.0327. The molecule has 0 saturated carbocycles.